The minimum absolute atomic E-state index is 0.234. The Kier molecular flexibility index (Phi) is 1.75. The predicted molar refractivity (Wildman–Crippen MR) is 20.3 cm³/mol. The average Bonchev–Trinajstić information content (AvgIpc) is 0.722. The molecular weight excluding hydrogens is 287 g/mol. The van der Waals surface area contributed by atoms with Crippen molar-refractivity contribution >= 4 is 30.3 Å². The van der Waals surface area contributed by atoms with Crippen molar-refractivity contribution in [2.24, 2.45) is 5.14 Å². The van der Waals surface area contributed by atoms with Gasteiger partial charge >= 0.3 is 43.9 Å². The molecule has 0 aliphatic carbocycles. The van der Waals surface area contributed by atoms with E-state index in [0.717, 1.165) is 0 Å². The molecule has 3 nitrogen and oxygen atoms in total. The fourth-order valence-electron chi connectivity index (χ4n) is 0. The molecule has 2 N–H and O–H groups in total. The molecule has 0 unspecified atom stereocenters. The van der Waals surface area contributed by atoms with Gasteiger partial charge in [-0.3, -0.25) is 0 Å². The fourth-order valence-corrected chi connectivity index (χ4v) is 0. The van der Waals surface area contributed by atoms with Gasteiger partial charge in [0.1, 0.15) is 0 Å². The Morgan fingerprint density at radius 1 is 1.60 bits per heavy atom. The van der Waals surface area contributed by atoms with E-state index in [1.54, 1.807) is 0 Å². The van der Waals surface area contributed by atoms with Crippen molar-refractivity contribution in [3.05, 3.63) is 0 Å². The van der Waals surface area contributed by atoms with Crippen molar-refractivity contribution in [1.29, 1.82) is 0 Å². The summed E-state index contributed by atoms with van der Waals surface area (Å²) in [5, 5.41) is 4.38. The zero-order chi connectivity index (χ0) is 4.50. The molecule has 0 aliphatic rings. The maximum atomic E-state index is 9.46. The van der Waals surface area contributed by atoms with Gasteiger partial charge in [0.05, 0.1) is 0 Å². The third kappa shape index (κ3) is 58.2. The van der Waals surface area contributed by atoms with Gasteiger partial charge < -0.3 is 0 Å². The Morgan fingerprint density at radius 3 is 1.60 bits per heavy atom. The molecule has 0 radical (unpaired) electrons. The van der Waals surface area contributed by atoms with Crippen LogP contribution in [0.2, 0.25) is 0 Å². The van der Waals surface area contributed by atoms with E-state index in [0.29, 0.717) is 0 Å². The van der Waals surface area contributed by atoms with Crippen molar-refractivity contribution in [2.75, 3.05) is 0 Å². The molecule has 5 heteroatoms. The molecule has 0 rings (SSSR count). The Balaban J connectivity index is 4.06. The van der Waals surface area contributed by atoms with Gasteiger partial charge in [0.15, 0.2) is 0 Å². The van der Waals surface area contributed by atoms with Gasteiger partial charge in [0.2, 0.25) is 0 Å². The quantitative estimate of drug-likeness (QED) is 0.566. The summed E-state index contributed by atoms with van der Waals surface area (Å²) in [5.41, 5.74) is 0. The van der Waals surface area contributed by atoms with E-state index >= 15 is 0 Å². The molecule has 0 saturated heterocycles. The first-order valence-corrected chi connectivity index (χ1v) is 6.51. The minimum atomic E-state index is -3.06. The molecule has 5 heavy (non-hydrogen) atoms. The molecule has 0 fully saturated rings. The topological polar surface area (TPSA) is 60.2 Å². The molecule has 0 aromatic rings. The van der Waals surface area contributed by atoms with E-state index in [9.17, 15) is 8.42 Å². The van der Waals surface area contributed by atoms with Crippen LogP contribution in [-0.2, 0) is 6.71 Å². The summed E-state index contributed by atoms with van der Waals surface area (Å²) < 4.78 is 18.9. The van der Waals surface area contributed by atoms with Crippen LogP contribution >= 0.6 is 0 Å². The molecule has 0 saturated carbocycles. The molecule has 0 heterocycles. The molecule has 0 aromatic carbocycles. The summed E-state index contributed by atoms with van der Waals surface area (Å²) >= 11 is 0.234. The average molecular weight is 290 g/mol. The Morgan fingerprint density at radius 2 is 1.60 bits per heavy atom. The third-order valence-electron chi connectivity index (χ3n) is 0. The first kappa shape index (κ1) is 5.81. The SMILES string of the molecule is N[S](=O)(=O)[PoH]. The third-order valence-corrected chi connectivity index (χ3v) is 0. The number of hydrogen-bond donors (Lipinski definition) is 1. The molecule has 32 valence electrons. The first-order chi connectivity index (χ1) is 2.00. The molecule has 0 bridgehead atoms. The van der Waals surface area contributed by atoms with Crippen molar-refractivity contribution in [3.8, 4) is 0 Å². The summed E-state index contributed by atoms with van der Waals surface area (Å²) in [5.74, 6) is 0. The molecular formula is H3NO2PoS. The number of rotatable bonds is 0. The molecule has 0 aromatic heterocycles. The van der Waals surface area contributed by atoms with Gasteiger partial charge in [-0.15, -0.1) is 0 Å². The standard InChI is InChI=1S/H2NO2S.Po.H/c1-4(2)3;;/h(H2,1,2,3);;. The van der Waals surface area contributed by atoms with Crippen LogP contribution in [0.5, 0.6) is 0 Å². The van der Waals surface area contributed by atoms with Crippen LogP contribution in [0.1, 0.15) is 0 Å². The van der Waals surface area contributed by atoms with Crippen molar-refractivity contribution < 1.29 is 8.42 Å². The number of hydrogen-bond acceptors (Lipinski definition) is 2. The second kappa shape index (κ2) is 1.50. The molecule has 0 spiro atoms. The van der Waals surface area contributed by atoms with E-state index in [2.05, 4.69) is 5.14 Å². The zero-order valence-electron chi connectivity index (χ0n) is 2.25. The second-order valence-corrected chi connectivity index (χ2v) is 7.48. The van der Waals surface area contributed by atoms with E-state index in [4.69, 9.17) is 0 Å². The van der Waals surface area contributed by atoms with E-state index in [1.807, 2.05) is 0 Å². The molecule has 0 aliphatic heterocycles. The van der Waals surface area contributed by atoms with Crippen LogP contribution < -0.4 is 5.14 Å². The van der Waals surface area contributed by atoms with E-state index in [-0.39, 0.29) is 23.6 Å². The van der Waals surface area contributed by atoms with Gasteiger partial charge in [0.25, 0.3) is 0 Å². The Bertz CT molecular complexity index is 92.8. The van der Waals surface area contributed by atoms with Crippen LogP contribution in [0.15, 0.2) is 0 Å². The van der Waals surface area contributed by atoms with Crippen LogP contribution in [0.4, 0.5) is 0 Å². The van der Waals surface area contributed by atoms with Gasteiger partial charge in [-0.2, -0.15) is 0 Å². The van der Waals surface area contributed by atoms with Crippen LogP contribution in [-0.4, -0.2) is 32.0 Å². The van der Waals surface area contributed by atoms with Crippen molar-refractivity contribution in [1.82, 2.24) is 0 Å². The van der Waals surface area contributed by atoms with Crippen molar-refractivity contribution in [3.63, 3.8) is 0 Å². The van der Waals surface area contributed by atoms with Gasteiger partial charge in [-0.1, -0.05) is 0 Å². The summed E-state index contributed by atoms with van der Waals surface area (Å²) in [7, 11) is 0. The molecule has 0 amide bonds. The van der Waals surface area contributed by atoms with Crippen LogP contribution in [0.25, 0.3) is 0 Å². The second-order valence-electron chi connectivity index (χ2n) is 0.515. The molecule has 0 atom stereocenters. The van der Waals surface area contributed by atoms with Crippen LogP contribution in [0.3, 0.4) is 0 Å². The van der Waals surface area contributed by atoms with Gasteiger partial charge in [-0.25, -0.2) is 0 Å². The van der Waals surface area contributed by atoms with E-state index in [1.165, 1.54) is 0 Å². The summed E-state index contributed by atoms with van der Waals surface area (Å²) in [6, 6.07) is 0. The van der Waals surface area contributed by atoms with Crippen molar-refractivity contribution in [2.45, 2.75) is 0 Å². The normalized spacial score (nSPS) is 11.6. The Labute approximate surface area is 43.9 Å². The predicted octanol–water partition coefficient (Wildman–Crippen LogP) is -1.91. The summed E-state index contributed by atoms with van der Waals surface area (Å²) in [4.78, 5) is 0. The maximum absolute atomic E-state index is 9.46. The van der Waals surface area contributed by atoms with E-state index < -0.39 is 6.71 Å². The van der Waals surface area contributed by atoms with Crippen LogP contribution in [0, 0.1) is 0 Å². The summed E-state index contributed by atoms with van der Waals surface area (Å²) in [6.07, 6.45) is 0. The first-order valence-electron chi connectivity index (χ1n) is 0.752. The zero-order valence-corrected chi connectivity index (χ0v) is 6.54. The van der Waals surface area contributed by atoms with Gasteiger partial charge in [-0.05, 0) is 0 Å². The monoisotopic (exact) mass is 290 g/mol. The number of nitrogens with two attached hydrogens (primary N) is 1. The fraction of sp³-hybridized carbons (Fsp3) is 0. The summed E-state index contributed by atoms with van der Waals surface area (Å²) in [6.45, 7) is -3.06. The van der Waals surface area contributed by atoms with Gasteiger partial charge in [0, 0.05) is 0 Å². The Hall–Kier alpha value is 0.806.